The van der Waals surface area contributed by atoms with E-state index in [4.69, 9.17) is 11.6 Å². The molecule has 3 heteroatoms. The number of aliphatic hydroxyl groups excluding tert-OH is 1. The quantitative estimate of drug-likeness (QED) is 0.707. The van der Waals surface area contributed by atoms with Crippen LogP contribution in [0.15, 0.2) is 12.1 Å². The average molecular weight is 187 g/mol. The third-order valence-corrected chi connectivity index (χ3v) is 2.25. The minimum absolute atomic E-state index is 0.0897. The van der Waals surface area contributed by atoms with Gasteiger partial charge >= 0.3 is 0 Å². The molecule has 0 bridgehead atoms. The molecule has 1 aromatic rings. The summed E-state index contributed by atoms with van der Waals surface area (Å²) in [5, 5.41) is 19.2. The van der Waals surface area contributed by atoms with Crippen LogP contribution < -0.4 is 0 Å². The van der Waals surface area contributed by atoms with Crippen LogP contribution in [0, 0.1) is 6.92 Å². The summed E-state index contributed by atoms with van der Waals surface area (Å²) in [7, 11) is 0. The molecule has 0 aliphatic carbocycles. The molecular weight excluding hydrogens is 176 g/mol. The molecule has 66 valence electrons. The monoisotopic (exact) mass is 186 g/mol. The molecule has 2 nitrogen and oxygen atoms in total. The van der Waals surface area contributed by atoms with E-state index in [-0.39, 0.29) is 5.75 Å². The maximum atomic E-state index is 9.37. The summed E-state index contributed by atoms with van der Waals surface area (Å²) in [6, 6.07) is 3.09. The summed E-state index contributed by atoms with van der Waals surface area (Å²) in [6.45, 7) is 3.36. The van der Waals surface area contributed by atoms with Gasteiger partial charge in [0.25, 0.3) is 0 Å². The second-order valence-electron chi connectivity index (χ2n) is 2.78. The second-order valence-corrected chi connectivity index (χ2v) is 3.19. The minimum atomic E-state index is -0.691. The number of halogens is 1. The maximum absolute atomic E-state index is 9.37. The summed E-state index contributed by atoms with van der Waals surface area (Å²) in [5.74, 6) is 0.0897. The van der Waals surface area contributed by atoms with Crippen molar-refractivity contribution in [1.82, 2.24) is 0 Å². The standard InChI is InChI=1S/C9H11ClO2/c1-5-7(10)3-4-8(12)9(5)6(2)11/h3-4,6,11-12H,1-2H3. The van der Waals surface area contributed by atoms with Gasteiger partial charge in [-0.3, -0.25) is 0 Å². The van der Waals surface area contributed by atoms with Gasteiger partial charge in [0.15, 0.2) is 0 Å². The van der Waals surface area contributed by atoms with Gasteiger partial charge in [-0.05, 0) is 31.5 Å². The zero-order valence-corrected chi connectivity index (χ0v) is 7.76. The van der Waals surface area contributed by atoms with Crippen LogP contribution in [0.3, 0.4) is 0 Å². The largest absolute Gasteiger partial charge is 0.508 e. The molecule has 1 unspecified atom stereocenters. The van der Waals surface area contributed by atoms with Gasteiger partial charge in [-0.25, -0.2) is 0 Å². The number of aliphatic hydroxyl groups is 1. The Morgan fingerprint density at radius 2 is 2.00 bits per heavy atom. The van der Waals surface area contributed by atoms with Crippen LogP contribution >= 0.6 is 11.6 Å². The maximum Gasteiger partial charge on any atom is 0.121 e. The Morgan fingerprint density at radius 1 is 1.42 bits per heavy atom. The highest BCUT2D eigenvalue weighted by atomic mass is 35.5. The van der Waals surface area contributed by atoms with E-state index < -0.39 is 6.10 Å². The van der Waals surface area contributed by atoms with E-state index in [1.807, 2.05) is 0 Å². The lowest BCUT2D eigenvalue weighted by Crippen LogP contribution is -1.95. The van der Waals surface area contributed by atoms with Crippen LogP contribution in [-0.4, -0.2) is 10.2 Å². The molecule has 1 atom stereocenters. The Hall–Kier alpha value is -0.730. The van der Waals surface area contributed by atoms with Gasteiger partial charge in [0.2, 0.25) is 0 Å². The predicted molar refractivity (Wildman–Crippen MR) is 48.5 cm³/mol. The molecule has 0 amide bonds. The molecule has 0 aliphatic heterocycles. The highest BCUT2D eigenvalue weighted by Crippen LogP contribution is 2.31. The molecule has 1 rings (SSSR count). The Bertz CT molecular complexity index is 295. The first-order valence-electron chi connectivity index (χ1n) is 3.70. The highest BCUT2D eigenvalue weighted by Gasteiger charge is 2.12. The smallest absolute Gasteiger partial charge is 0.121 e. The molecule has 0 aromatic heterocycles. The third-order valence-electron chi connectivity index (χ3n) is 1.84. The Balaban J connectivity index is 3.33. The van der Waals surface area contributed by atoms with E-state index in [1.54, 1.807) is 19.9 Å². The van der Waals surface area contributed by atoms with Gasteiger partial charge in [-0.1, -0.05) is 11.6 Å². The molecule has 0 aliphatic rings. The lowest BCUT2D eigenvalue weighted by Gasteiger charge is -2.11. The highest BCUT2D eigenvalue weighted by molar-refractivity contribution is 6.31. The molecule has 0 radical (unpaired) electrons. The van der Waals surface area contributed by atoms with Gasteiger partial charge < -0.3 is 10.2 Å². The number of benzene rings is 1. The van der Waals surface area contributed by atoms with Gasteiger partial charge in [-0.2, -0.15) is 0 Å². The molecular formula is C9H11ClO2. The number of phenols is 1. The average Bonchev–Trinajstić information content (AvgIpc) is 1.97. The molecule has 1 aromatic carbocycles. The van der Waals surface area contributed by atoms with Crippen molar-refractivity contribution in [3.8, 4) is 5.75 Å². The van der Waals surface area contributed by atoms with Gasteiger partial charge in [0.1, 0.15) is 5.75 Å². The van der Waals surface area contributed by atoms with Crippen LogP contribution in [0.5, 0.6) is 5.75 Å². The van der Waals surface area contributed by atoms with Crippen LogP contribution in [0.4, 0.5) is 0 Å². The van der Waals surface area contributed by atoms with Gasteiger partial charge in [0.05, 0.1) is 6.10 Å². The number of aromatic hydroxyl groups is 1. The fraction of sp³-hybridized carbons (Fsp3) is 0.333. The summed E-state index contributed by atoms with van der Waals surface area (Å²) >= 11 is 5.81. The second kappa shape index (κ2) is 3.33. The summed E-state index contributed by atoms with van der Waals surface area (Å²) in [5.41, 5.74) is 1.23. The van der Waals surface area contributed by atoms with Crippen molar-refractivity contribution in [2.24, 2.45) is 0 Å². The predicted octanol–water partition coefficient (Wildman–Crippen LogP) is 2.41. The van der Waals surface area contributed by atoms with Crippen molar-refractivity contribution in [1.29, 1.82) is 0 Å². The van der Waals surface area contributed by atoms with Crippen molar-refractivity contribution in [3.05, 3.63) is 28.3 Å². The van der Waals surface area contributed by atoms with Gasteiger partial charge in [-0.15, -0.1) is 0 Å². The topological polar surface area (TPSA) is 40.5 Å². The molecule has 0 saturated carbocycles. The lowest BCUT2D eigenvalue weighted by atomic mass is 10.0. The normalized spacial score (nSPS) is 13.0. The van der Waals surface area contributed by atoms with E-state index in [9.17, 15) is 10.2 Å². The van der Waals surface area contributed by atoms with Crippen LogP contribution in [0.25, 0.3) is 0 Å². The molecule has 0 heterocycles. The minimum Gasteiger partial charge on any atom is -0.508 e. The van der Waals surface area contributed by atoms with Gasteiger partial charge in [0, 0.05) is 10.6 Å². The fourth-order valence-corrected chi connectivity index (χ4v) is 1.38. The van der Waals surface area contributed by atoms with E-state index in [1.165, 1.54) is 6.07 Å². The Morgan fingerprint density at radius 3 is 2.42 bits per heavy atom. The van der Waals surface area contributed by atoms with Crippen molar-refractivity contribution >= 4 is 11.6 Å². The number of rotatable bonds is 1. The zero-order chi connectivity index (χ0) is 9.30. The number of hydrogen-bond acceptors (Lipinski definition) is 2. The van der Waals surface area contributed by atoms with E-state index >= 15 is 0 Å². The lowest BCUT2D eigenvalue weighted by molar-refractivity contribution is 0.194. The van der Waals surface area contributed by atoms with E-state index in [0.29, 0.717) is 10.6 Å². The summed E-state index contributed by atoms with van der Waals surface area (Å²) < 4.78 is 0. The molecule has 0 saturated heterocycles. The fourth-order valence-electron chi connectivity index (χ4n) is 1.21. The molecule has 0 spiro atoms. The van der Waals surface area contributed by atoms with Crippen molar-refractivity contribution in [3.63, 3.8) is 0 Å². The first-order chi connectivity index (χ1) is 5.54. The van der Waals surface area contributed by atoms with Crippen LogP contribution in [0.1, 0.15) is 24.2 Å². The van der Waals surface area contributed by atoms with E-state index in [2.05, 4.69) is 0 Å². The Labute approximate surface area is 76.4 Å². The molecule has 2 N–H and O–H groups in total. The summed E-state index contributed by atoms with van der Waals surface area (Å²) in [4.78, 5) is 0. The van der Waals surface area contributed by atoms with Crippen molar-refractivity contribution in [2.45, 2.75) is 20.0 Å². The zero-order valence-electron chi connectivity index (χ0n) is 7.00. The first-order valence-corrected chi connectivity index (χ1v) is 4.08. The van der Waals surface area contributed by atoms with Crippen LogP contribution in [-0.2, 0) is 0 Å². The van der Waals surface area contributed by atoms with Crippen molar-refractivity contribution in [2.75, 3.05) is 0 Å². The van der Waals surface area contributed by atoms with Crippen molar-refractivity contribution < 1.29 is 10.2 Å². The third kappa shape index (κ3) is 1.54. The molecule has 0 fully saturated rings. The van der Waals surface area contributed by atoms with Crippen LogP contribution in [0.2, 0.25) is 5.02 Å². The Kier molecular flexibility index (Phi) is 2.60. The number of hydrogen-bond donors (Lipinski definition) is 2. The summed E-state index contributed by atoms with van der Waals surface area (Å²) in [6.07, 6.45) is -0.691. The van der Waals surface area contributed by atoms with E-state index in [0.717, 1.165) is 5.56 Å². The first kappa shape index (κ1) is 9.36. The number of phenolic OH excluding ortho intramolecular Hbond substituents is 1. The molecule has 12 heavy (non-hydrogen) atoms. The SMILES string of the molecule is Cc1c(Cl)ccc(O)c1C(C)O.